The van der Waals surface area contributed by atoms with Gasteiger partial charge in [-0.15, -0.1) is 0 Å². The van der Waals surface area contributed by atoms with Crippen LogP contribution in [0.1, 0.15) is 28.7 Å². The summed E-state index contributed by atoms with van der Waals surface area (Å²) in [4.78, 5) is 20.1. The molecule has 1 heterocycles. The monoisotopic (exact) mass is 304 g/mol. The number of amides is 1. The second-order valence-electron chi connectivity index (χ2n) is 5.25. The molecular formula is C18H16N4O. The molecule has 3 rings (SSSR count). The maximum absolute atomic E-state index is 12.0. The second kappa shape index (κ2) is 6.36. The van der Waals surface area contributed by atoms with Crippen LogP contribution in [0.3, 0.4) is 0 Å². The Hall–Kier alpha value is -3.08. The summed E-state index contributed by atoms with van der Waals surface area (Å²) in [6.45, 7) is 3.64. The van der Waals surface area contributed by atoms with Gasteiger partial charge in [0.25, 0.3) is 5.91 Å². The number of hydrogen-bond donors (Lipinski definition) is 1. The van der Waals surface area contributed by atoms with E-state index in [1.165, 1.54) is 11.6 Å². The molecule has 0 saturated heterocycles. The molecule has 1 N–H and O–H groups in total. The first-order valence-electron chi connectivity index (χ1n) is 7.26. The number of nitrogens with zero attached hydrogens (tertiary/aromatic N) is 3. The van der Waals surface area contributed by atoms with Gasteiger partial charge in [0.15, 0.2) is 0 Å². The Balaban J connectivity index is 1.79. The fourth-order valence-electron chi connectivity index (χ4n) is 2.24. The highest BCUT2D eigenvalue weighted by atomic mass is 16.2. The van der Waals surface area contributed by atoms with Crippen molar-refractivity contribution >= 4 is 22.4 Å². The molecule has 0 aliphatic rings. The third-order valence-corrected chi connectivity index (χ3v) is 3.48. The van der Waals surface area contributed by atoms with Gasteiger partial charge in [-0.3, -0.25) is 9.78 Å². The largest absolute Gasteiger partial charge is 0.291 e. The van der Waals surface area contributed by atoms with Crippen molar-refractivity contribution < 1.29 is 4.79 Å². The molecule has 0 atom stereocenters. The van der Waals surface area contributed by atoms with Crippen LogP contribution in [-0.4, -0.2) is 21.6 Å². The van der Waals surface area contributed by atoms with Crippen LogP contribution in [0.2, 0.25) is 0 Å². The molecule has 114 valence electrons. The van der Waals surface area contributed by atoms with Crippen molar-refractivity contribution in [1.82, 2.24) is 15.4 Å². The highest BCUT2D eigenvalue weighted by Crippen LogP contribution is 2.16. The lowest BCUT2D eigenvalue weighted by Crippen LogP contribution is -2.21. The summed E-state index contributed by atoms with van der Waals surface area (Å²) in [6.07, 6.45) is 3.02. The summed E-state index contributed by atoms with van der Waals surface area (Å²) in [5.41, 5.74) is 5.14. The number of aryl methyl sites for hydroxylation is 1. The van der Waals surface area contributed by atoms with Gasteiger partial charge in [-0.25, -0.2) is 10.4 Å². The fraction of sp³-hybridized carbons (Fsp3) is 0.111. The van der Waals surface area contributed by atoms with E-state index in [2.05, 4.69) is 26.6 Å². The van der Waals surface area contributed by atoms with E-state index in [1.807, 2.05) is 43.3 Å². The van der Waals surface area contributed by atoms with Crippen molar-refractivity contribution in [2.24, 2.45) is 5.10 Å². The van der Waals surface area contributed by atoms with Crippen LogP contribution in [0.5, 0.6) is 0 Å². The van der Waals surface area contributed by atoms with E-state index >= 15 is 0 Å². The minimum absolute atomic E-state index is 0.250. The lowest BCUT2D eigenvalue weighted by Gasteiger charge is -2.05. The van der Waals surface area contributed by atoms with Gasteiger partial charge in [-0.05, 0) is 36.2 Å². The lowest BCUT2D eigenvalue weighted by atomic mass is 10.0. The standard InChI is InChI=1S/C18H16N4O/c1-12-10-19-11-17(20-12)18(23)22-21-13(2)15-8-7-14-5-3-4-6-16(14)9-15/h3-11H,1-2H3,(H,22,23)/b21-13+. The molecule has 0 aliphatic carbocycles. The van der Waals surface area contributed by atoms with Crippen molar-refractivity contribution in [3.63, 3.8) is 0 Å². The quantitative estimate of drug-likeness (QED) is 0.597. The summed E-state index contributed by atoms with van der Waals surface area (Å²) in [6, 6.07) is 14.2. The number of hydrogen-bond acceptors (Lipinski definition) is 4. The van der Waals surface area contributed by atoms with E-state index in [1.54, 1.807) is 13.1 Å². The van der Waals surface area contributed by atoms with Crippen LogP contribution < -0.4 is 5.43 Å². The van der Waals surface area contributed by atoms with Gasteiger partial charge in [0.1, 0.15) is 5.69 Å². The second-order valence-corrected chi connectivity index (χ2v) is 5.25. The summed E-state index contributed by atoms with van der Waals surface area (Å²) in [7, 11) is 0. The molecule has 1 aromatic heterocycles. The van der Waals surface area contributed by atoms with Crippen molar-refractivity contribution in [3.05, 3.63) is 71.8 Å². The molecule has 0 fully saturated rings. The number of carbonyl (C=O) groups excluding carboxylic acids is 1. The molecule has 0 radical (unpaired) electrons. The normalized spacial score (nSPS) is 11.5. The first kappa shape index (κ1) is 14.8. The minimum Gasteiger partial charge on any atom is -0.265 e. The minimum atomic E-state index is -0.374. The highest BCUT2D eigenvalue weighted by Gasteiger charge is 2.07. The molecule has 0 spiro atoms. The van der Waals surface area contributed by atoms with Gasteiger partial charge < -0.3 is 0 Å². The van der Waals surface area contributed by atoms with Crippen LogP contribution in [0.4, 0.5) is 0 Å². The average Bonchev–Trinajstić information content (AvgIpc) is 2.59. The molecule has 2 aromatic carbocycles. The van der Waals surface area contributed by atoms with E-state index in [9.17, 15) is 4.79 Å². The first-order valence-corrected chi connectivity index (χ1v) is 7.26. The van der Waals surface area contributed by atoms with Gasteiger partial charge in [0.2, 0.25) is 0 Å². The summed E-state index contributed by atoms with van der Waals surface area (Å²) < 4.78 is 0. The molecule has 0 bridgehead atoms. The Morgan fingerprint density at radius 1 is 1.09 bits per heavy atom. The van der Waals surface area contributed by atoms with Crippen LogP contribution in [-0.2, 0) is 0 Å². The Morgan fingerprint density at radius 3 is 2.65 bits per heavy atom. The van der Waals surface area contributed by atoms with Crippen molar-refractivity contribution in [3.8, 4) is 0 Å². The Morgan fingerprint density at radius 2 is 1.87 bits per heavy atom. The number of rotatable bonds is 3. The number of hydrazone groups is 1. The molecule has 0 aliphatic heterocycles. The predicted octanol–water partition coefficient (Wildman–Crippen LogP) is 3.09. The van der Waals surface area contributed by atoms with E-state index in [0.717, 1.165) is 16.7 Å². The van der Waals surface area contributed by atoms with Crippen LogP contribution in [0, 0.1) is 6.92 Å². The third kappa shape index (κ3) is 3.40. The number of benzene rings is 2. The molecule has 0 unspecified atom stereocenters. The van der Waals surface area contributed by atoms with E-state index < -0.39 is 0 Å². The third-order valence-electron chi connectivity index (χ3n) is 3.48. The molecule has 3 aromatic rings. The zero-order valence-corrected chi connectivity index (χ0v) is 12.9. The Labute approximate surface area is 134 Å². The molecule has 1 amide bonds. The number of fused-ring (bicyclic) bond motifs is 1. The molecule has 23 heavy (non-hydrogen) atoms. The maximum Gasteiger partial charge on any atom is 0.291 e. The predicted molar refractivity (Wildman–Crippen MR) is 90.4 cm³/mol. The summed E-state index contributed by atoms with van der Waals surface area (Å²) >= 11 is 0. The summed E-state index contributed by atoms with van der Waals surface area (Å²) in [5, 5.41) is 6.46. The van der Waals surface area contributed by atoms with E-state index in [-0.39, 0.29) is 11.6 Å². The smallest absolute Gasteiger partial charge is 0.265 e. The van der Waals surface area contributed by atoms with Crippen LogP contribution >= 0.6 is 0 Å². The summed E-state index contributed by atoms with van der Waals surface area (Å²) in [5.74, 6) is -0.374. The van der Waals surface area contributed by atoms with Gasteiger partial charge in [-0.1, -0.05) is 36.4 Å². The lowest BCUT2D eigenvalue weighted by molar-refractivity contribution is 0.0949. The fourth-order valence-corrected chi connectivity index (χ4v) is 2.24. The van der Waals surface area contributed by atoms with Gasteiger partial charge >= 0.3 is 0 Å². The molecule has 0 saturated carbocycles. The van der Waals surface area contributed by atoms with Crippen molar-refractivity contribution in [2.45, 2.75) is 13.8 Å². The first-order chi connectivity index (χ1) is 11.1. The SMILES string of the molecule is C/C(=N\NC(=O)c1cncc(C)n1)c1ccc2ccccc2c1. The Bertz CT molecular complexity index is 902. The zero-order chi connectivity index (χ0) is 16.2. The van der Waals surface area contributed by atoms with Crippen molar-refractivity contribution in [2.75, 3.05) is 0 Å². The van der Waals surface area contributed by atoms with Gasteiger partial charge in [0, 0.05) is 6.20 Å². The van der Waals surface area contributed by atoms with Crippen molar-refractivity contribution in [1.29, 1.82) is 0 Å². The maximum atomic E-state index is 12.0. The zero-order valence-electron chi connectivity index (χ0n) is 12.9. The van der Waals surface area contributed by atoms with Crippen LogP contribution in [0.25, 0.3) is 10.8 Å². The average molecular weight is 304 g/mol. The number of nitrogens with one attached hydrogen (secondary N) is 1. The molecule has 5 nitrogen and oxygen atoms in total. The number of carbonyl (C=O) groups is 1. The van der Waals surface area contributed by atoms with E-state index in [4.69, 9.17) is 0 Å². The van der Waals surface area contributed by atoms with Gasteiger partial charge in [-0.2, -0.15) is 5.10 Å². The molecular weight excluding hydrogens is 288 g/mol. The van der Waals surface area contributed by atoms with E-state index in [0.29, 0.717) is 5.69 Å². The topological polar surface area (TPSA) is 67.2 Å². The number of aromatic nitrogens is 2. The Kier molecular flexibility index (Phi) is 4.10. The van der Waals surface area contributed by atoms with Gasteiger partial charge in [0.05, 0.1) is 17.6 Å². The van der Waals surface area contributed by atoms with Crippen LogP contribution in [0.15, 0.2) is 60.0 Å². The molecule has 5 heteroatoms. The highest BCUT2D eigenvalue weighted by molar-refractivity contribution is 6.03.